The van der Waals surface area contributed by atoms with Crippen LogP contribution in [0.15, 0.2) is 54.1 Å². The van der Waals surface area contributed by atoms with Gasteiger partial charge in [0.05, 0.1) is 11.2 Å². The molecule has 108 valence electrons. The van der Waals surface area contributed by atoms with Crippen molar-refractivity contribution in [2.75, 3.05) is 0 Å². The summed E-state index contributed by atoms with van der Waals surface area (Å²) < 4.78 is 15.0. The van der Waals surface area contributed by atoms with Gasteiger partial charge in [-0.3, -0.25) is 9.36 Å². The van der Waals surface area contributed by atoms with Crippen LogP contribution in [0.4, 0.5) is 4.39 Å². The summed E-state index contributed by atoms with van der Waals surface area (Å²) in [5.41, 5.74) is 5.41. The van der Waals surface area contributed by atoms with E-state index in [4.69, 9.17) is 0 Å². The Hall–Kier alpha value is -2.68. The molecule has 1 aromatic heterocycles. The van der Waals surface area contributed by atoms with E-state index in [1.165, 1.54) is 12.1 Å². The van der Waals surface area contributed by atoms with Crippen molar-refractivity contribution in [2.24, 2.45) is 0 Å². The highest BCUT2D eigenvalue weighted by Gasteiger charge is 2.31. The van der Waals surface area contributed by atoms with E-state index in [2.05, 4.69) is 0 Å². The van der Waals surface area contributed by atoms with Crippen LogP contribution in [0.2, 0.25) is 0 Å². The molecular formula is C19H14FNO. The summed E-state index contributed by atoms with van der Waals surface area (Å²) in [4.78, 5) is 12.7. The van der Waals surface area contributed by atoms with Gasteiger partial charge in [-0.2, -0.15) is 0 Å². The SMILES string of the molecule is CC1=C(c2ccc(F)cc2)c2c(C)c3ccccc3n2C1=O. The fraction of sp³-hybridized carbons (Fsp3) is 0.105. The molecular weight excluding hydrogens is 277 g/mol. The first-order valence-electron chi connectivity index (χ1n) is 7.21. The van der Waals surface area contributed by atoms with Gasteiger partial charge >= 0.3 is 0 Å². The van der Waals surface area contributed by atoms with Crippen LogP contribution in [-0.2, 0) is 0 Å². The molecule has 3 aromatic rings. The van der Waals surface area contributed by atoms with E-state index in [0.29, 0.717) is 5.57 Å². The fourth-order valence-electron chi connectivity index (χ4n) is 3.33. The van der Waals surface area contributed by atoms with Crippen LogP contribution in [0.3, 0.4) is 0 Å². The van der Waals surface area contributed by atoms with Gasteiger partial charge < -0.3 is 0 Å². The average molecular weight is 291 g/mol. The molecule has 3 heteroatoms. The number of hydrogen-bond donors (Lipinski definition) is 0. The number of hydrogen-bond acceptors (Lipinski definition) is 1. The number of nitrogens with zero attached hydrogens (tertiary/aromatic N) is 1. The van der Waals surface area contributed by atoms with Crippen molar-refractivity contribution in [3.05, 3.63) is 76.7 Å². The number of rotatable bonds is 1. The number of aromatic nitrogens is 1. The van der Waals surface area contributed by atoms with Crippen molar-refractivity contribution in [1.29, 1.82) is 0 Å². The van der Waals surface area contributed by atoms with E-state index in [0.717, 1.165) is 33.3 Å². The number of benzene rings is 2. The molecule has 2 heterocycles. The number of aryl methyl sites for hydroxylation is 1. The molecule has 0 saturated heterocycles. The molecule has 0 amide bonds. The fourth-order valence-corrected chi connectivity index (χ4v) is 3.33. The highest BCUT2D eigenvalue weighted by Crippen LogP contribution is 2.40. The minimum Gasteiger partial charge on any atom is -0.276 e. The van der Waals surface area contributed by atoms with Gasteiger partial charge in [0.25, 0.3) is 5.91 Å². The number of allylic oxidation sites excluding steroid dienone is 1. The molecule has 1 aliphatic rings. The third-order valence-corrected chi connectivity index (χ3v) is 4.40. The van der Waals surface area contributed by atoms with Crippen LogP contribution in [0.25, 0.3) is 16.5 Å². The highest BCUT2D eigenvalue weighted by atomic mass is 19.1. The van der Waals surface area contributed by atoms with Crippen molar-refractivity contribution >= 4 is 22.4 Å². The quantitative estimate of drug-likeness (QED) is 0.644. The Labute approximate surface area is 127 Å². The number of para-hydroxylation sites is 1. The van der Waals surface area contributed by atoms with Crippen molar-refractivity contribution in [2.45, 2.75) is 13.8 Å². The molecule has 0 fully saturated rings. The second-order valence-electron chi connectivity index (χ2n) is 5.64. The summed E-state index contributed by atoms with van der Waals surface area (Å²) >= 11 is 0. The molecule has 22 heavy (non-hydrogen) atoms. The maximum Gasteiger partial charge on any atom is 0.259 e. The average Bonchev–Trinajstić information content (AvgIpc) is 2.96. The largest absolute Gasteiger partial charge is 0.276 e. The van der Waals surface area contributed by atoms with Crippen molar-refractivity contribution < 1.29 is 9.18 Å². The van der Waals surface area contributed by atoms with Gasteiger partial charge in [-0.15, -0.1) is 0 Å². The van der Waals surface area contributed by atoms with E-state index >= 15 is 0 Å². The Morgan fingerprint density at radius 2 is 1.64 bits per heavy atom. The van der Waals surface area contributed by atoms with Crippen LogP contribution in [0.1, 0.15) is 28.5 Å². The molecule has 0 bridgehead atoms. The Morgan fingerprint density at radius 3 is 2.36 bits per heavy atom. The van der Waals surface area contributed by atoms with Crippen LogP contribution >= 0.6 is 0 Å². The number of carbonyl (C=O) groups is 1. The first kappa shape index (κ1) is 13.0. The van der Waals surface area contributed by atoms with Gasteiger partial charge in [-0.05, 0) is 43.2 Å². The molecule has 0 atom stereocenters. The van der Waals surface area contributed by atoms with E-state index in [1.807, 2.05) is 38.1 Å². The van der Waals surface area contributed by atoms with Crippen molar-refractivity contribution in [3.63, 3.8) is 0 Å². The van der Waals surface area contributed by atoms with Crippen molar-refractivity contribution in [1.82, 2.24) is 4.57 Å². The van der Waals surface area contributed by atoms with E-state index in [9.17, 15) is 9.18 Å². The maximum atomic E-state index is 13.2. The Bertz CT molecular complexity index is 961. The number of fused-ring (bicyclic) bond motifs is 3. The van der Waals surface area contributed by atoms with Crippen LogP contribution in [0.5, 0.6) is 0 Å². The lowest BCUT2D eigenvalue weighted by molar-refractivity contribution is 0.0966. The van der Waals surface area contributed by atoms with Gasteiger partial charge in [0.1, 0.15) is 5.82 Å². The van der Waals surface area contributed by atoms with Crippen LogP contribution in [0, 0.1) is 12.7 Å². The molecule has 1 aliphatic heterocycles. The molecule has 0 spiro atoms. The molecule has 2 aromatic carbocycles. The standard InChI is InChI=1S/C19H14FNO/c1-11-15-5-3-4-6-16(15)21-18(11)17(12(2)19(21)22)13-7-9-14(20)10-8-13/h3-10H,1-2H3. The van der Waals surface area contributed by atoms with Crippen LogP contribution < -0.4 is 0 Å². The first-order valence-corrected chi connectivity index (χ1v) is 7.21. The first-order chi connectivity index (χ1) is 10.6. The van der Waals surface area contributed by atoms with Crippen molar-refractivity contribution in [3.8, 4) is 0 Å². The summed E-state index contributed by atoms with van der Waals surface area (Å²) in [6.45, 7) is 3.87. The molecule has 0 radical (unpaired) electrons. The highest BCUT2D eigenvalue weighted by molar-refractivity contribution is 6.16. The third kappa shape index (κ3) is 1.56. The van der Waals surface area contributed by atoms with Gasteiger partial charge in [0.15, 0.2) is 0 Å². The van der Waals surface area contributed by atoms with Gasteiger partial charge in [0.2, 0.25) is 0 Å². The normalized spacial score (nSPS) is 14.0. The lowest BCUT2D eigenvalue weighted by Crippen LogP contribution is -2.06. The summed E-state index contributed by atoms with van der Waals surface area (Å²) in [5.74, 6) is -0.276. The lowest BCUT2D eigenvalue weighted by atomic mass is 9.97. The van der Waals surface area contributed by atoms with Crippen LogP contribution in [-0.4, -0.2) is 10.5 Å². The van der Waals surface area contributed by atoms with Gasteiger partial charge in [-0.1, -0.05) is 30.3 Å². The Balaban J connectivity index is 2.07. The third-order valence-electron chi connectivity index (χ3n) is 4.40. The van der Waals surface area contributed by atoms with E-state index < -0.39 is 0 Å². The minimum absolute atomic E-state index is 0.00127. The predicted molar refractivity (Wildman–Crippen MR) is 85.4 cm³/mol. The minimum atomic E-state index is -0.274. The van der Waals surface area contributed by atoms with E-state index in [-0.39, 0.29) is 11.7 Å². The number of halogens is 1. The number of carbonyl (C=O) groups excluding carboxylic acids is 1. The second-order valence-corrected chi connectivity index (χ2v) is 5.64. The zero-order chi connectivity index (χ0) is 15.4. The summed E-state index contributed by atoms with van der Waals surface area (Å²) in [6, 6.07) is 14.2. The van der Waals surface area contributed by atoms with Gasteiger partial charge in [0, 0.05) is 16.5 Å². The second kappa shape index (κ2) is 4.41. The summed E-state index contributed by atoms with van der Waals surface area (Å²) in [7, 11) is 0. The zero-order valence-corrected chi connectivity index (χ0v) is 12.4. The predicted octanol–water partition coefficient (Wildman–Crippen LogP) is 4.56. The molecule has 0 N–H and O–H groups in total. The monoisotopic (exact) mass is 291 g/mol. The Kier molecular flexibility index (Phi) is 2.61. The topological polar surface area (TPSA) is 22.0 Å². The molecule has 0 unspecified atom stereocenters. The smallest absolute Gasteiger partial charge is 0.259 e. The molecule has 2 nitrogen and oxygen atoms in total. The molecule has 0 aliphatic carbocycles. The zero-order valence-electron chi connectivity index (χ0n) is 12.4. The maximum absolute atomic E-state index is 13.2. The molecule has 0 saturated carbocycles. The van der Waals surface area contributed by atoms with Gasteiger partial charge in [-0.25, -0.2) is 4.39 Å². The summed E-state index contributed by atoms with van der Waals surface area (Å²) in [5, 5.41) is 1.08. The lowest BCUT2D eigenvalue weighted by Gasteiger charge is -2.06. The Morgan fingerprint density at radius 1 is 0.955 bits per heavy atom. The van der Waals surface area contributed by atoms with E-state index in [1.54, 1.807) is 16.7 Å². The summed E-state index contributed by atoms with van der Waals surface area (Å²) in [6.07, 6.45) is 0. The molecule has 4 rings (SSSR count).